The molecule has 1 aliphatic heterocycles. The van der Waals surface area contributed by atoms with Crippen LogP contribution in [0, 0.1) is 0 Å². The Labute approximate surface area is 179 Å². The Morgan fingerprint density at radius 3 is 2.37 bits per heavy atom. The summed E-state index contributed by atoms with van der Waals surface area (Å²) in [7, 11) is -0.348. The lowest BCUT2D eigenvalue weighted by molar-refractivity contribution is 0.371. The molecule has 1 aromatic heterocycles. The van der Waals surface area contributed by atoms with Crippen molar-refractivity contribution in [3.63, 3.8) is 0 Å². The lowest BCUT2D eigenvalue weighted by atomic mass is 10.2. The maximum absolute atomic E-state index is 12.2. The van der Waals surface area contributed by atoms with Gasteiger partial charge in [0.25, 0.3) is 0 Å². The molecule has 3 rings (SSSR count). The number of benzene rings is 1. The second kappa shape index (κ2) is 9.90. The van der Waals surface area contributed by atoms with Gasteiger partial charge in [-0.15, -0.1) is 0 Å². The quantitative estimate of drug-likeness (QED) is 0.554. The van der Waals surface area contributed by atoms with Gasteiger partial charge >= 0.3 is 0 Å². The van der Waals surface area contributed by atoms with E-state index in [0.29, 0.717) is 6.54 Å². The van der Waals surface area contributed by atoms with Crippen molar-refractivity contribution in [3.8, 4) is 0 Å². The Hall–Kier alpha value is -2.65. The van der Waals surface area contributed by atoms with E-state index >= 15 is 0 Å². The van der Waals surface area contributed by atoms with Crippen molar-refractivity contribution in [2.45, 2.75) is 18.4 Å². The third kappa shape index (κ3) is 5.28. The molecule has 0 atom stereocenters. The molecule has 1 saturated heterocycles. The zero-order chi connectivity index (χ0) is 21.6. The van der Waals surface area contributed by atoms with Gasteiger partial charge in [0.05, 0.1) is 11.4 Å². The van der Waals surface area contributed by atoms with Crippen LogP contribution in [0.2, 0.25) is 0 Å². The smallest absolute Gasteiger partial charge is 0.242 e. The Morgan fingerprint density at radius 1 is 1.10 bits per heavy atom. The van der Waals surface area contributed by atoms with Gasteiger partial charge in [0, 0.05) is 53.0 Å². The Morgan fingerprint density at radius 2 is 1.80 bits per heavy atom. The number of anilines is 1. The minimum absolute atomic E-state index is 0.290. The molecule has 1 fully saturated rings. The second-order valence-electron chi connectivity index (χ2n) is 7.26. The molecule has 2 aromatic rings. The molecule has 0 saturated carbocycles. The summed E-state index contributed by atoms with van der Waals surface area (Å²) in [5.74, 6) is 1.88. The normalized spacial score (nSPS) is 15.5. The maximum atomic E-state index is 12.2. The van der Waals surface area contributed by atoms with E-state index in [1.54, 1.807) is 12.1 Å². The molecular formula is C21H30N6O2S. The number of aromatic nitrogens is 1. The molecule has 0 amide bonds. The highest BCUT2D eigenvalue weighted by Crippen LogP contribution is 2.15. The van der Waals surface area contributed by atoms with Crippen molar-refractivity contribution in [3.05, 3.63) is 54.2 Å². The molecule has 0 radical (unpaired) electrons. The van der Waals surface area contributed by atoms with E-state index in [-0.39, 0.29) is 4.90 Å². The molecule has 0 bridgehead atoms. The maximum Gasteiger partial charge on any atom is 0.242 e. The van der Waals surface area contributed by atoms with Crippen molar-refractivity contribution in [1.82, 2.24) is 19.5 Å². The van der Waals surface area contributed by atoms with E-state index in [9.17, 15) is 8.42 Å². The molecule has 1 aliphatic rings. The average Bonchev–Trinajstić information content (AvgIpc) is 2.77. The minimum Gasteiger partial charge on any atom is -0.357 e. The molecule has 1 N–H and O–H groups in total. The molecule has 9 heteroatoms. The monoisotopic (exact) mass is 430 g/mol. The zero-order valence-electron chi connectivity index (χ0n) is 17.8. The van der Waals surface area contributed by atoms with Crippen molar-refractivity contribution in [1.29, 1.82) is 0 Å². The lowest BCUT2D eigenvalue weighted by Crippen LogP contribution is -2.52. The van der Waals surface area contributed by atoms with Gasteiger partial charge in [0.1, 0.15) is 5.82 Å². The standard InChI is InChI=1S/C21H30N6O2S/c1-4-22-21(27-15-13-26(14-16-27)20-7-5-6-12-23-20)24-17-18-8-10-19(11-9-18)30(28,29)25(2)3/h5-12H,4,13-17H2,1-3H3,(H,22,24). The van der Waals surface area contributed by atoms with Crippen molar-refractivity contribution >= 4 is 21.8 Å². The van der Waals surface area contributed by atoms with Crippen LogP contribution in [0.25, 0.3) is 0 Å². The predicted octanol–water partition coefficient (Wildman–Crippen LogP) is 1.62. The highest BCUT2D eigenvalue weighted by atomic mass is 32.2. The van der Waals surface area contributed by atoms with Crippen LogP contribution in [0.5, 0.6) is 0 Å². The van der Waals surface area contributed by atoms with Gasteiger partial charge in [-0.1, -0.05) is 18.2 Å². The Kier molecular flexibility index (Phi) is 7.28. The van der Waals surface area contributed by atoms with Crippen LogP contribution in [-0.4, -0.2) is 75.4 Å². The molecule has 1 aromatic carbocycles. The second-order valence-corrected chi connectivity index (χ2v) is 9.42. The first kappa shape index (κ1) is 22.0. The summed E-state index contributed by atoms with van der Waals surface area (Å²) in [5.41, 5.74) is 0.968. The van der Waals surface area contributed by atoms with Crippen LogP contribution in [0.1, 0.15) is 12.5 Å². The summed E-state index contributed by atoms with van der Waals surface area (Å²) < 4.78 is 25.6. The van der Waals surface area contributed by atoms with E-state index < -0.39 is 10.0 Å². The molecule has 0 unspecified atom stereocenters. The van der Waals surface area contributed by atoms with Crippen molar-refractivity contribution < 1.29 is 8.42 Å². The first-order valence-corrected chi connectivity index (χ1v) is 11.6. The molecule has 8 nitrogen and oxygen atoms in total. The number of hydrogen-bond donors (Lipinski definition) is 1. The van der Waals surface area contributed by atoms with E-state index in [4.69, 9.17) is 4.99 Å². The molecule has 162 valence electrons. The number of nitrogens with zero attached hydrogens (tertiary/aromatic N) is 5. The summed E-state index contributed by atoms with van der Waals surface area (Å²) in [6.45, 7) is 6.84. The fraction of sp³-hybridized carbons (Fsp3) is 0.429. The van der Waals surface area contributed by atoms with Crippen LogP contribution < -0.4 is 10.2 Å². The fourth-order valence-electron chi connectivity index (χ4n) is 3.26. The number of hydrogen-bond acceptors (Lipinski definition) is 5. The summed E-state index contributed by atoms with van der Waals surface area (Å²) >= 11 is 0. The van der Waals surface area contributed by atoms with Gasteiger partial charge in [-0.25, -0.2) is 22.7 Å². The largest absolute Gasteiger partial charge is 0.357 e. The molecular weight excluding hydrogens is 400 g/mol. The summed E-state index contributed by atoms with van der Waals surface area (Å²) in [5, 5.41) is 3.37. The van der Waals surface area contributed by atoms with Gasteiger partial charge in [-0.05, 0) is 36.8 Å². The lowest BCUT2D eigenvalue weighted by Gasteiger charge is -2.37. The number of nitrogens with one attached hydrogen (secondary N) is 1. The Bertz CT molecular complexity index is 937. The summed E-state index contributed by atoms with van der Waals surface area (Å²) in [6.07, 6.45) is 1.82. The van der Waals surface area contributed by atoms with Crippen molar-refractivity contribution in [2.75, 3.05) is 51.7 Å². The highest BCUT2D eigenvalue weighted by Gasteiger charge is 2.20. The number of pyridine rings is 1. The van der Waals surface area contributed by atoms with E-state index in [1.807, 2.05) is 36.5 Å². The predicted molar refractivity (Wildman–Crippen MR) is 120 cm³/mol. The van der Waals surface area contributed by atoms with Gasteiger partial charge in [0.15, 0.2) is 5.96 Å². The number of sulfonamides is 1. The number of guanidine groups is 1. The van der Waals surface area contributed by atoms with Crippen LogP contribution in [-0.2, 0) is 16.6 Å². The van der Waals surface area contributed by atoms with E-state index in [0.717, 1.165) is 50.1 Å². The molecule has 0 aliphatic carbocycles. The van der Waals surface area contributed by atoms with Gasteiger partial charge in [0.2, 0.25) is 10.0 Å². The molecule has 30 heavy (non-hydrogen) atoms. The number of aliphatic imine (C=N–C) groups is 1. The van der Waals surface area contributed by atoms with Gasteiger partial charge in [-0.3, -0.25) is 0 Å². The summed E-state index contributed by atoms with van der Waals surface area (Å²) in [6, 6.07) is 12.9. The summed E-state index contributed by atoms with van der Waals surface area (Å²) in [4.78, 5) is 14.0. The molecule has 0 spiro atoms. The van der Waals surface area contributed by atoms with Crippen LogP contribution in [0.3, 0.4) is 0 Å². The number of piperazine rings is 1. The first-order chi connectivity index (χ1) is 14.4. The van der Waals surface area contributed by atoms with Crippen LogP contribution in [0.15, 0.2) is 58.5 Å². The fourth-order valence-corrected chi connectivity index (χ4v) is 4.16. The third-order valence-electron chi connectivity index (χ3n) is 5.00. The van der Waals surface area contributed by atoms with Gasteiger partial charge in [-0.2, -0.15) is 0 Å². The topological polar surface area (TPSA) is 81.1 Å². The minimum atomic E-state index is -3.41. The Balaban J connectivity index is 1.64. The van der Waals surface area contributed by atoms with Crippen LogP contribution in [0.4, 0.5) is 5.82 Å². The first-order valence-electron chi connectivity index (χ1n) is 10.1. The zero-order valence-corrected chi connectivity index (χ0v) is 18.6. The highest BCUT2D eigenvalue weighted by molar-refractivity contribution is 7.89. The van der Waals surface area contributed by atoms with Gasteiger partial charge < -0.3 is 15.1 Å². The molecule has 2 heterocycles. The van der Waals surface area contributed by atoms with E-state index in [1.165, 1.54) is 18.4 Å². The van der Waals surface area contributed by atoms with Crippen LogP contribution >= 0.6 is 0 Å². The number of rotatable bonds is 6. The van der Waals surface area contributed by atoms with Crippen molar-refractivity contribution in [2.24, 2.45) is 4.99 Å². The average molecular weight is 431 g/mol. The van der Waals surface area contributed by atoms with E-state index in [2.05, 4.69) is 27.0 Å². The SMILES string of the molecule is CCNC(=NCc1ccc(S(=O)(=O)N(C)C)cc1)N1CCN(c2ccccn2)CC1. The third-order valence-corrected chi connectivity index (χ3v) is 6.83.